The Hall–Kier alpha value is -1.02. The second-order valence-corrected chi connectivity index (χ2v) is 9.23. The van der Waals surface area contributed by atoms with Gasteiger partial charge in [-0.25, -0.2) is 8.42 Å². The van der Waals surface area contributed by atoms with E-state index in [1.165, 1.54) is 0 Å². The first kappa shape index (κ1) is 25.0. The summed E-state index contributed by atoms with van der Waals surface area (Å²) in [5.74, 6) is -0.124. The normalized spacial score (nSPS) is 18.7. The summed E-state index contributed by atoms with van der Waals surface area (Å²) in [6.45, 7) is 5.33. The number of anilines is 1. The summed E-state index contributed by atoms with van der Waals surface area (Å²) >= 11 is 0. The van der Waals surface area contributed by atoms with Crippen LogP contribution in [0, 0.1) is 5.92 Å². The molecule has 1 aromatic carbocycles. The second-order valence-electron chi connectivity index (χ2n) is 7.00. The predicted molar refractivity (Wildman–Crippen MR) is 116 cm³/mol. The highest BCUT2D eigenvalue weighted by Crippen LogP contribution is 2.27. The highest BCUT2D eigenvalue weighted by molar-refractivity contribution is 7.92. The molecule has 0 spiro atoms. The first-order valence-corrected chi connectivity index (χ1v) is 11.0. The van der Waals surface area contributed by atoms with Crippen molar-refractivity contribution < 1.29 is 17.9 Å². The number of benzene rings is 1. The van der Waals surface area contributed by atoms with Gasteiger partial charge in [0.1, 0.15) is 0 Å². The maximum Gasteiger partial charge on any atom is 0.309 e. The molecule has 6 nitrogen and oxygen atoms in total. The highest BCUT2D eigenvalue weighted by atomic mass is 35.5. The first-order valence-electron chi connectivity index (χ1n) is 9.48. The summed E-state index contributed by atoms with van der Waals surface area (Å²) in [5, 5.41) is 2.92. The van der Waals surface area contributed by atoms with Crippen LogP contribution in [0.1, 0.15) is 32.6 Å². The van der Waals surface area contributed by atoms with Gasteiger partial charge in [0.25, 0.3) is 0 Å². The Morgan fingerprint density at radius 3 is 2.18 bits per heavy atom. The fourth-order valence-electron chi connectivity index (χ4n) is 3.78. The van der Waals surface area contributed by atoms with Gasteiger partial charge in [-0.15, -0.1) is 24.8 Å². The lowest BCUT2D eigenvalue weighted by Crippen LogP contribution is -2.37. The Balaban J connectivity index is 0.00000196. The Labute approximate surface area is 180 Å². The molecule has 2 heterocycles. The first-order chi connectivity index (χ1) is 12.5. The van der Waals surface area contributed by atoms with E-state index in [9.17, 15) is 13.2 Å². The molecule has 1 N–H and O–H groups in total. The average Bonchev–Trinajstić information content (AvgIpc) is 2.69. The van der Waals surface area contributed by atoms with Crippen LogP contribution in [0.5, 0.6) is 0 Å². The molecule has 0 aliphatic carbocycles. The number of hydrogen-bond donors (Lipinski definition) is 1. The fraction of sp³-hybridized carbons (Fsp3) is 0.632. The monoisotopic (exact) mass is 452 g/mol. The molecule has 0 atom stereocenters. The lowest BCUT2D eigenvalue weighted by Gasteiger charge is -2.32. The number of sulfone groups is 1. The van der Waals surface area contributed by atoms with Gasteiger partial charge in [-0.3, -0.25) is 4.79 Å². The molecule has 28 heavy (non-hydrogen) atoms. The van der Waals surface area contributed by atoms with E-state index < -0.39 is 9.84 Å². The minimum absolute atomic E-state index is 0. The number of piperidine rings is 2. The molecule has 2 aliphatic rings. The highest BCUT2D eigenvalue weighted by Gasteiger charge is 2.29. The molecule has 2 aliphatic heterocycles. The fourth-order valence-corrected chi connectivity index (χ4v) is 5.53. The molecule has 3 rings (SSSR count). The van der Waals surface area contributed by atoms with Gasteiger partial charge in [0.15, 0.2) is 9.84 Å². The summed E-state index contributed by atoms with van der Waals surface area (Å²) in [6.07, 6.45) is 2.89. The Kier molecular flexibility index (Phi) is 10.0. The van der Waals surface area contributed by atoms with Crippen LogP contribution in [0.25, 0.3) is 0 Å². The van der Waals surface area contributed by atoms with Crippen LogP contribution in [-0.4, -0.2) is 52.4 Å². The predicted octanol–water partition coefficient (Wildman–Crippen LogP) is 2.84. The van der Waals surface area contributed by atoms with Gasteiger partial charge >= 0.3 is 5.97 Å². The van der Waals surface area contributed by atoms with Gasteiger partial charge < -0.3 is 15.0 Å². The van der Waals surface area contributed by atoms with E-state index in [-0.39, 0.29) is 42.0 Å². The van der Waals surface area contributed by atoms with Gasteiger partial charge in [0, 0.05) is 18.8 Å². The van der Waals surface area contributed by atoms with E-state index in [0.29, 0.717) is 24.3 Å². The topological polar surface area (TPSA) is 75.7 Å². The third-order valence-electron chi connectivity index (χ3n) is 5.37. The SMILES string of the molecule is CCOC(=O)C1CCN(c2ccc(S(=O)(=O)C3CCNCC3)cc2)CC1.Cl.Cl. The number of carbonyl (C=O) groups is 1. The summed E-state index contributed by atoms with van der Waals surface area (Å²) in [7, 11) is -3.26. The van der Waals surface area contributed by atoms with Crippen molar-refractivity contribution in [2.75, 3.05) is 37.7 Å². The molecular formula is C19H30Cl2N2O4S. The van der Waals surface area contributed by atoms with E-state index in [1.807, 2.05) is 19.1 Å². The average molecular weight is 453 g/mol. The number of esters is 1. The number of nitrogens with zero attached hydrogens (tertiary/aromatic N) is 1. The molecule has 9 heteroatoms. The largest absolute Gasteiger partial charge is 0.466 e. The molecule has 160 valence electrons. The molecule has 2 fully saturated rings. The maximum absolute atomic E-state index is 12.8. The van der Waals surface area contributed by atoms with Gasteiger partial charge in [-0.1, -0.05) is 0 Å². The van der Waals surface area contributed by atoms with Crippen molar-refractivity contribution in [1.82, 2.24) is 5.32 Å². The molecule has 0 bridgehead atoms. The van der Waals surface area contributed by atoms with E-state index in [2.05, 4.69) is 10.2 Å². The summed E-state index contributed by atoms with van der Waals surface area (Å²) in [5.41, 5.74) is 1.01. The lowest BCUT2D eigenvalue weighted by atomic mass is 9.96. The zero-order chi connectivity index (χ0) is 18.6. The van der Waals surface area contributed by atoms with Gasteiger partial charge in [-0.2, -0.15) is 0 Å². The quantitative estimate of drug-likeness (QED) is 0.692. The van der Waals surface area contributed by atoms with E-state index in [1.54, 1.807) is 12.1 Å². The van der Waals surface area contributed by atoms with Crippen LogP contribution in [0.15, 0.2) is 29.2 Å². The minimum atomic E-state index is -3.26. The lowest BCUT2D eigenvalue weighted by molar-refractivity contribution is -0.148. The minimum Gasteiger partial charge on any atom is -0.466 e. The third-order valence-corrected chi connectivity index (χ3v) is 7.65. The van der Waals surface area contributed by atoms with Crippen LogP contribution in [-0.2, 0) is 19.4 Å². The maximum atomic E-state index is 12.8. The van der Waals surface area contributed by atoms with E-state index in [0.717, 1.165) is 44.7 Å². The molecule has 0 aromatic heterocycles. The molecule has 0 unspecified atom stereocenters. The van der Waals surface area contributed by atoms with Crippen molar-refractivity contribution in [3.05, 3.63) is 24.3 Å². The van der Waals surface area contributed by atoms with Crippen molar-refractivity contribution in [3.8, 4) is 0 Å². The van der Waals surface area contributed by atoms with Gasteiger partial charge in [-0.05, 0) is 70.0 Å². The number of rotatable bonds is 5. The summed E-state index contributed by atoms with van der Waals surface area (Å²) in [6, 6.07) is 7.23. The van der Waals surface area contributed by atoms with Crippen LogP contribution in [0.3, 0.4) is 0 Å². The Bertz CT molecular complexity index is 714. The van der Waals surface area contributed by atoms with Crippen molar-refractivity contribution >= 4 is 46.3 Å². The zero-order valence-corrected chi connectivity index (χ0v) is 18.6. The van der Waals surface area contributed by atoms with Crippen LogP contribution >= 0.6 is 24.8 Å². The van der Waals surface area contributed by atoms with Crippen molar-refractivity contribution in [2.45, 2.75) is 42.8 Å². The number of ether oxygens (including phenoxy) is 1. The molecule has 0 amide bonds. The number of halogens is 2. The molecule has 1 aromatic rings. The Morgan fingerprint density at radius 2 is 1.64 bits per heavy atom. The number of carbonyl (C=O) groups excluding carboxylic acids is 1. The summed E-state index contributed by atoms with van der Waals surface area (Å²) < 4.78 is 30.6. The summed E-state index contributed by atoms with van der Waals surface area (Å²) in [4.78, 5) is 14.5. The van der Waals surface area contributed by atoms with Crippen molar-refractivity contribution in [3.63, 3.8) is 0 Å². The molecule has 0 saturated carbocycles. The van der Waals surface area contributed by atoms with Crippen LogP contribution < -0.4 is 10.2 Å². The molecule has 0 radical (unpaired) electrons. The van der Waals surface area contributed by atoms with Gasteiger partial charge in [0.05, 0.1) is 22.7 Å². The molecule has 2 saturated heterocycles. The number of nitrogens with one attached hydrogen (secondary N) is 1. The smallest absolute Gasteiger partial charge is 0.309 e. The third kappa shape index (κ3) is 5.75. The van der Waals surface area contributed by atoms with Gasteiger partial charge in [0.2, 0.25) is 0 Å². The Morgan fingerprint density at radius 1 is 1.07 bits per heavy atom. The van der Waals surface area contributed by atoms with Crippen LogP contribution in [0.4, 0.5) is 5.69 Å². The van der Waals surface area contributed by atoms with E-state index >= 15 is 0 Å². The second kappa shape index (κ2) is 11.2. The standard InChI is InChI=1S/C19H28N2O4S.2ClH/c1-2-25-19(22)15-9-13-21(14-10-15)16-3-5-17(6-4-16)26(23,24)18-7-11-20-12-8-18;;/h3-6,15,18,20H,2,7-14H2,1H3;2*1H. The number of hydrogen-bond acceptors (Lipinski definition) is 6. The zero-order valence-electron chi connectivity index (χ0n) is 16.1. The van der Waals surface area contributed by atoms with Crippen molar-refractivity contribution in [2.24, 2.45) is 5.92 Å². The van der Waals surface area contributed by atoms with Crippen LogP contribution in [0.2, 0.25) is 0 Å². The molecular weight excluding hydrogens is 423 g/mol. The van der Waals surface area contributed by atoms with E-state index in [4.69, 9.17) is 4.74 Å². The van der Waals surface area contributed by atoms with Crippen molar-refractivity contribution in [1.29, 1.82) is 0 Å².